The molecule has 0 radical (unpaired) electrons. The van der Waals surface area contributed by atoms with Crippen LogP contribution in [-0.2, 0) is 11.2 Å². The molecule has 0 aliphatic carbocycles. The molecule has 1 rings (SSSR count). The summed E-state index contributed by atoms with van der Waals surface area (Å²) in [5, 5.41) is 3.37. The summed E-state index contributed by atoms with van der Waals surface area (Å²) in [6, 6.07) is 5.09. The van der Waals surface area contributed by atoms with Crippen molar-refractivity contribution < 1.29 is 9.13 Å². The third-order valence-electron chi connectivity index (χ3n) is 2.96. The number of halogens is 2. The van der Waals surface area contributed by atoms with Gasteiger partial charge in [-0.3, -0.25) is 0 Å². The molecular weight excluding hydrogens is 241 g/mol. The molecular formula is C13H19ClFNO. The summed E-state index contributed by atoms with van der Waals surface area (Å²) in [5.74, 6) is -0.371. The second kappa shape index (κ2) is 6.94. The largest absolute Gasteiger partial charge is 0.380 e. The summed E-state index contributed by atoms with van der Waals surface area (Å²) in [4.78, 5) is 0. The van der Waals surface area contributed by atoms with Crippen LogP contribution in [0, 0.1) is 5.82 Å². The lowest BCUT2D eigenvalue weighted by Gasteiger charge is -2.24. The average molecular weight is 260 g/mol. The second-order valence-electron chi connectivity index (χ2n) is 4.03. The van der Waals surface area contributed by atoms with E-state index in [1.54, 1.807) is 13.2 Å². The third kappa shape index (κ3) is 3.95. The van der Waals surface area contributed by atoms with Gasteiger partial charge in [-0.25, -0.2) is 4.39 Å². The van der Waals surface area contributed by atoms with E-state index in [1.165, 1.54) is 6.07 Å². The van der Waals surface area contributed by atoms with Crippen molar-refractivity contribution in [1.29, 1.82) is 0 Å². The molecule has 2 nitrogen and oxygen atoms in total. The monoisotopic (exact) mass is 259 g/mol. The Kier molecular flexibility index (Phi) is 5.89. The first kappa shape index (κ1) is 14.4. The summed E-state index contributed by atoms with van der Waals surface area (Å²) in [7, 11) is 3.58. The number of hydrogen-bond acceptors (Lipinski definition) is 2. The summed E-state index contributed by atoms with van der Waals surface area (Å²) in [5.41, 5.74) is 0.918. The van der Waals surface area contributed by atoms with Crippen LogP contribution in [0.2, 0.25) is 5.02 Å². The Labute approximate surface area is 107 Å². The second-order valence-corrected chi connectivity index (χ2v) is 4.44. The Morgan fingerprint density at radius 2 is 2.18 bits per heavy atom. The lowest BCUT2D eigenvalue weighted by molar-refractivity contribution is 0.0678. The van der Waals surface area contributed by atoms with Crippen molar-refractivity contribution in [3.05, 3.63) is 34.6 Å². The minimum Gasteiger partial charge on any atom is -0.380 e. The van der Waals surface area contributed by atoms with Gasteiger partial charge in [-0.2, -0.15) is 0 Å². The number of nitrogens with one attached hydrogen (secondary N) is 1. The van der Waals surface area contributed by atoms with Crippen molar-refractivity contribution in [2.24, 2.45) is 0 Å². The quantitative estimate of drug-likeness (QED) is 0.848. The van der Waals surface area contributed by atoms with Gasteiger partial charge in [-0.1, -0.05) is 24.6 Å². The first-order valence-electron chi connectivity index (χ1n) is 5.76. The van der Waals surface area contributed by atoms with Gasteiger partial charge in [0, 0.05) is 13.2 Å². The zero-order valence-electron chi connectivity index (χ0n) is 10.5. The smallest absolute Gasteiger partial charge is 0.142 e. The standard InChI is InChI=1S/C13H19ClFNO/c1-4-13(17-3)12(16-2)8-9-5-6-10(14)11(15)7-9/h5-7,12-13,16H,4,8H2,1-3H3. The van der Waals surface area contributed by atoms with Crippen LogP contribution in [0.4, 0.5) is 4.39 Å². The highest BCUT2D eigenvalue weighted by Gasteiger charge is 2.18. The van der Waals surface area contributed by atoms with Crippen LogP contribution >= 0.6 is 11.6 Å². The Morgan fingerprint density at radius 3 is 2.65 bits per heavy atom. The van der Waals surface area contributed by atoms with Gasteiger partial charge in [-0.05, 0) is 37.6 Å². The molecule has 2 atom stereocenters. The van der Waals surface area contributed by atoms with E-state index < -0.39 is 0 Å². The molecule has 0 heterocycles. The molecule has 4 heteroatoms. The van der Waals surface area contributed by atoms with Crippen molar-refractivity contribution in [3.63, 3.8) is 0 Å². The van der Waals surface area contributed by atoms with E-state index in [1.807, 2.05) is 13.1 Å². The SMILES string of the molecule is CCC(OC)C(Cc1ccc(Cl)c(F)c1)NC. The van der Waals surface area contributed by atoms with Crippen LogP contribution < -0.4 is 5.32 Å². The van der Waals surface area contributed by atoms with Gasteiger partial charge in [0.2, 0.25) is 0 Å². The molecule has 0 aromatic heterocycles. The lowest BCUT2D eigenvalue weighted by atomic mass is 9.99. The van der Waals surface area contributed by atoms with Gasteiger partial charge in [0.15, 0.2) is 0 Å². The van der Waals surface area contributed by atoms with Gasteiger partial charge < -0.3 is 10.1 Å². The highest BCUT2D eigenvalue weighted by atomic mass is 35.5. The minimum absolute atomic E-state index is 0.124. The zero-order valence-corrected chi connectivity index (χ0v) is 11.2. The molecule has 0 aliphatic heterocycles. The fourth-order valence-electron chi connectivity index (χ4n) is 1.96. The molecule has 17 heavy (non-hydrogen) atoms. The molecule has 96 valence electrons. The molecule has 1 N–H and O–H groups in total. The van der Waals surface area contributed by atoms with Crippen molar-refractivity contribution in [2.75, 3.05) is 14.2 Å². The molecule has 0 saturated heterocycles. The molecule has 1 aromatic rings. The summed E-state index contributed by atoms with van der Waals surface area (Å²) in [6.45, 7) is 2.07. The molecule has 0 saturated carbocycles. The Balaban J connectivity index is 2.76. The van der Waals surface area contributed by atoms with Gasteiger partial charge >= 0.3 is 0 Å². The highest BCUT2D eigenvalue weighted by Crippen LogP contribution is 2.18. The number of methoxy groups -OCH3 is 1. The molecule has 0 bridgehead atoms. The normalized spacial score (nSPS) is 14.6. The maximum absolute atomic E-state index is 13.3. The highest BCUT2D eigenvalue weighted by molar-refractivity contribution is 6.30. The molecule has 0 spiro atoms. The van der Waals surface area contributed by atoms with Crippen LogP contribution in [0.25, 0.3) is 0 Å². The summed E-state index contributed by atoms with van der Waals surface area (Å²) >= 11 is 5.65. The number of benzene rings is 1. The predicted molar refractivity (Wildman–Crippen MR) is 69.0 cm³/mol. The van der Waals surface area contributed by atoms with Gasteiger partial charge in [0.25, 0.3) is 0 Å². The predicted octanol–water partition coefficient (Wildman–Crippen LogP) is 3.03. The van der Waals surface area contributed by atoms with Gasteiger partial charge in [0.1, 0.15) is 5.82 Å². The fraction of sp³-hybridized carbons (Fsp3) is 0.538. The summed E-state index contributed by atoms with van der Waals surface area (Å²) in [6.07, 6.45) is 1.76. The molecule has 0 fully saturated rings. The fourth-order valence-corrected chi connectivity index (χ4v) is 2.07. The average Bonchev–Trinajstić information content (AvgIpc) is 2.33. The number of likely N-dealkylation sites (N-methyl/N-ethyl adjacent to an activating group) is 1. The Hall–Kier alpha value is -0.640. The van der Waals surface area contributed by atoms with E-state index in [2.05, 4.69) is 12.2 Å². The topological polar surface area (TPSA) is 21.3 Å². The molecule has 2 unspecified atom stereocenters. The van der Waals surface area contributed by atoms with Crippen LogP contribution in [0.1, 0.15) is 18.9 Å². The van der Waals surface area contributed by atoms with Crippen molar-refractivity contribution in [1.82, 2.24) is 5.32 Å². The van der Waals surface area contributed by atoms with Gasteiger partial charge in [-0.15, -0.1) is 0 Å². The van der Waals surface area contributed by atoms with Crippen molar-refractivity contribution in [2.45, 2.75) is 31.9 Å². The van der Waals surface area contributed by atoms with E-state index >= 15 is 0 Å². The number of hydrogen-bond donors (Lipinski definition) is 1. The van der Waals surface area contributed by atoms with E-state index in [-0.39, 0.29) is 23.0 Å². The first-order valence-corrected chi connectivity index (χ1v) is 6.14. The zero-order chi connectivity index (χ0) is 12.8. The van der Waals surface area contributed by atoms with Crippen LogP contribution in [0.3, 0.4) is 0 Å². The molecule has 0 aliphatic rings. The van der Waals surface area contributed by atoms with Crippen LogP contribution in [0.15, 0.2) is 18.2 Å². The van der Waals surface area contributed by atoms with Crippen molar-refractivity contribution >= 4 is 11.6 Å². The first-order chi connectivity index (χ1) is 8.12. The Bertz CT molecular complexity index is 355. The lowest BCUT2D eigenvalue weighted by Crippen LogP contribution is -2.40. The van der Waals surface area contributed by atoms with Gasteiger partial charge in [0.05, 0.1) is 11.1 Å². The Morgan fingerprint density at radius 1 is 1.47 bits per heavy atom. The van der Waals surface area contributed by atoms with E-state index in [0.717, 1.165) is 18.4 Å². The molecule has 0 amide bonds. The van der Waals surface area contributed by atoms with Crippen LogP contribution in [0.5, 0.6) is 0 Å². The maximum atomic E-state index is 13.3. The third-order valence-corrected chi connectivity index (χ3v) is 3.27. The van der Waals surface area contributed by atoms with Crippen LogP contribution in [-0.4, -0.2) is 26.3 Å². The molecule has 1 aromatic carbocycles. The summed E-state index contributed by atoms with van der Waals surface area (Å²) < 4.78 is 18.7. The van der Waals surface area contributed by atoms with E-state index in [9.17, 15) is 4.39 Å². The van der Waals surface area contributed by atoms with E-state index in [4.69, 9.17) is 16.3 Å². The number of rotatable bonds is 6. The number of ether oxygens (including phenoxy) is 1. The minimum atomic E-state index is -0.371. The van der Waals surface area contributed by atoms with Crippen molar-refractivity contribution in [3.8, 4) is 0 Å². The maximum Gasteiger partial charge on any atom is 0.142 e. The van der Waals surface area contributed by atoms with E-state index in [0.29, 0.717) is 0 Å².